The summed E-state index contributed by atoms with van der Waals surface area (Å²) in [4.78, 5) is 50.5. The second-order valence-electron chi connectivity index (χ2n) is 10.4. The number of ether oxygens (including phenoxy) is 1. The van der Waals surface area contributed by atoms with E-state index in [1.54, 1.807) is 20.8 Å². The van der Waals surface area contributed by atoms with Gasteiger partial charge in [0.2, 0.25) is 11.6 Å². The van der Waals surface area contributed by atoms with Crippen molar-refractivity contribution in [3.05, 3.63) is 77.3 Å². The number of aromatic nitrogens is 4. The zero-order chi connectivity index (χ0) is 31.9. The van der Waals surface area contributed by atoms with Crippen LogP contribution in [0.4, 0.5) is 4.79 Å². The number of unbranched alkanes of at least 4 members (excludes halogenated alkanes) is 1. The quantitative estimate of drug-likeness (QED) is 0.161. The van der Waals surface area contributed by atoms with Crippen LogP contribution in [0.25, 0.3) is 22.5 Å². The summed E-state index contributed by atoms with van der Waals surface area (Å²) in [6, 6.07) is 15.0. The van der Waals surface area contributed by atoms with Crippen LogP contribution in [0.5, 0.6) is 0 Å². The number of hydroxylamine groups is 3. The Labute approximate surface area is 255 Å². The number of carboxylic acid groups (broad SMARTS) is 1. The summed E-state index contributed by atoms with van der Waals surface area (Å²) in [5.74, 6) is -1.24. The van der Waals surface area contributed by atoms with Crippen molar-refractivity contribution in [2.45, 2.75) is 53.5 Å². The Kier molecular flexibility index (Phi) is 10.0. The first-order valence-corrected chi connectivity index (χ1v) is 14.3. The number of amides is 1. The van der Waals surface area contributed by atoms with E-state index in [1.165, 1.54) is 13.1 Å². The third kappa shape index (κ3) is 6.73. The predicted molar refractivity (Wildman–Crippen MR) is 161 cm³/mol. The highest BCUT2D eigenvalue weighted by Gasteiger charge is 2.56. The van der Waals surface area contributed by atoms with E-state index >= 15 is 0 Å². The number of quaternary nitrogens is 1. The molecule has 0 bridgehead atoms. The first-order valence-electron chi connectivity index (χ1n) is 14.3. The molecule has 0 fully saturated rings. The van der Waals surface area contributed by atoms with Crippen LogP contribution in [0.15, 0.2) is 76.7 Å². The van der Waals surface area contributed by atoms with Gasteiger partial charge in [-0.05, 0) is 48.2 Å². The molecule has 44 heavy (non-hydrogen) atoms. The number of carbonyl (C=O) groups excluding carboxylic acids is 2. The molecule has 0 spiro atoms. The highest BCUT2D eigenvalue weighted by atomic mass is 16.8. The van der Waals surface area contributed by atoms with Crippen LogP contribution in [0.2, 0.25) is 0 Å². The van der Waals surface area contributed by atoms with Crippen molar-refractivity contribution in [2.75, 3.05) is 13.7 Å². The number of amidine groups is 1. The molecule has 0 saturated carbocycles. The van der Waals surface area contributed by atoms with Gasteiger partial charge >= 0.3 is 17.8 Å². The summed E-state index contributed by atoms with van der Waals surface area (Å²) < 4.78 is 4.23. The first-order chi connectivity index (χ1) is 21.1. The zero-order valence-electron chi connectivity index (χ0n) is 25.4. The van der Waals surface area contributed by atoms with Gasteiger partial charge in [-0.25, -0.2) is 9.63 Å². The number of aliphatic carboxylic acids is 1. The highest BCUT2D eigenvalue weighted by Crippen LogP contribution is 2.38. The molecule has 13 heteroatoms. The molecule has 1 aromatic heterocycles. The first kappa shape index (κ1) is 31.8. The maximum absolute atomic E-state index is 13.0. The van der Waals surface area contributed by atoms with Crippen LogP contribution in [0.1, 0.15) is 52.5 Å². The molecule has 1 atom stereocenters. The molecule has 0 saturated heterocycles. The number of aliphatic imine (C=N–C) groups is 1. The fourth-order valence-electron chi connectivity index (χ4n) is 4.88. The second-order valence-corrected chi connectivity index (χ2v) is 10.4. The van der Waals surface area contributed by atoms with E-state index in [-0.39, 0.29) is 30.5 Å². The summed E-state index contributed by atoms with van der Waals surface area (Å²) in [6.45, 7) is 7.04. The van der Waals surface area contributed by atoms with Gasteiger partial charge < -0.3 is 9.84 Å². The van der Waals surface area contributed by atoms with E-state index in [0.717, 1.165) is 33.6 Å². The number of nitrogens with zero attached hydrogens (tertiary/aromatic N) is 6. The lowest BCUT2D eigenvalue weighted by atomic mass is 9.98. The molecule has 1 unspecified atom stereocenters. The van der Waals surface area contributed by atoms with Crippen molar-refractivity contribution in [1.29, 1.82) is 0 Å². The highest BCUT2D eigenvalue weighted by molar-refractivity contribution is 5.96. The standard InChI is InChI=1S/C31H35N7O6/c1-6-8-13-25-32-29(37(5)26(39)18-20(3)4)27(30(40)41)38(25,44-31(42)43-7-2)19-21-14-16-22(17-15-21)23-11-9-10-12-24(23)28-33-35-36-34-28/h9-12,14-18H,6-8,13,19H2,1-5H3,(H-,33,34,35,36,40,41)/p+1. The topological polar surface area (TPSA) is 160 Å². The Bertz CT molecular complexity index is 1610. The number of likely N-dealkylation sites (N-methyl/N-ethyl adjacent to an activating group) is 1. The van der Waals surface area contributed by atoms with Crippen LogP contribution >= 0.6 is 0 Å². The average Bonchev–Trinajstić information content (AvgIpc) is 3.63. The Morgan fingerprint density at radius 1 is 1.05 bits per heavy atom. The van der Waals surface area contributed by atoms with Gasteiger partial charge in [0.15, 0.2) is 6.54 Å². The summed E-state index contributed by atoms with van der Waals surface area (Å²) in [5.41, 5.74) is 3.52. The third-order valence-electron chi connectivity index (χ3n) is 6.92. The maximum Gasteiger partial charge on any atom is 0.560 e. The molecule has 230 valence electrons. The number of rotatable bonds is 12. The molecule has 1 amide bonds. The Hall–Kier alpha value is -5.17. The van der Waals surface area contributed by atoms with E-state index < -0.39 is 22.7 Å². The van der Waals surface area contributed by atoms with Crippen molar-refractivity contribution < 1.29 is 33.7 Å². The summed E-state index contributed by atoms with van der Waals surface area (Å²) in [7, 11) is 1.45. The number of hydrogen-bond acceptors (Lipinski definition) is 9. The number of hydrogen-bond donors (Lipinski definition) is 2. The largest absolute Gasteiger partial charge is 0.560 e. The number of benzene rings is 2. The Balaban J connectivity index is 1.83. The number of carbonyl (C=O) groups is 3. The van der Waals surface area contributed by atoms with Gasteiger partial charge in [0.1, 0.15) is 0 Å². The minimum atomic E-state index is -1.39. The van der Waals surface area contributed by atoms with Crippen molar-refractivity contribution >= 4 is 23.9 Å². The lowest BCUT2D eigenvalue weighted by molar-refractivity contribution is -0.995. The van der Waals surface area contributed by atoms with E-state index in [0.29, 0.717) is 24.2 Å². The normalized spacial score (nSPS) is 15.9. The van der Waals surface area contributed by atoms with Gasteiger partial charge in [-0.2, -0.15) is 15.0 Å². The number of H-pyrrole nitrogens is 1. The van der Waals surface area contributed by atoms with Gasteiger partial charge in [-0.15, -0.1) is 10.2 Å². The van der Waals surface area contributed by atoms with E-state index in [9.17, 15) is 19.5 Å². The van der Waals surface area contributed by atoms with Crippen molar-refractivity contribution in [1.82, 2.24) is 25.5 Å². The molecule has 0 aliphatic carbocycles. The van der Waals surface area contributed by atoms with Gasteiger partial charge in [-0.1, -0.05) is 67.4 Å². The zero-order valence-corrected chi connectivity index (χ0v) is 25.4. The van der Waals surface area contributed by atoms with Crippen molar-refractivity contribution in [3.63, 3.8) is 0 Å². The van der Waals surface area contributed by atoms with Crippen LogP contribution in [-0.4, -0.2) is 72.8 Å². The number of tetrazole rings is 1. The average molecular weight is 603 g/mol. The molecular weight excluding hydrogens is 566 g/mol. The van der Waals surface area contributed by atoms with E-state index in [1.807, 2.05) is 55.5 Å². The minimum absolute atomic E-state index is 0.0205. The molecule has 1 aliphatic rings. The fourth-order valence-corrected chi connectivity index (χ4v) is 4.88. The number of aromatic amines is 1. The molecule has 1 aliphatic heterocycles. The lowest BCUT2D eigenvalue weighted by Gasteiger charge is -2.30. The number of allylic oxidation sites excluding steroid dienone is 1. The van der Waals surface area contributed by atoms with Crippen molar-refractivity contribution in [3.8, 4) is 22.5 Å². The Morgan fingerprint density at radius 3 is 2.34 bits per heavy atom. The van der Waals surface area contributed by atoms with E-state index in [2.05, 4.69) is 25.6 Å². The SMILES string of the molecule is CCCCC1=NC(N(C)C(=O)C=C(C)C)=C(C(=O)O)[N+]1(Cc1ccc(-c2ccccc2-c2nn[nH]n2)cc1)OC(=O)OCC. The molecule has 2 N–H and O–H groups in total. The molecule has 13 nitrogen and oxygen atoms in total. The molecule has 3 aromatic rings. The number of carboxylic acids is 1. The van der Waals surface area contributed by atoms with E-state index in [4.69, 9.17) is 9.57 Å². The van der Waals surface area contributed by atoms with Gasteiger partial charge in [0.25, 0.3) is 11.7 Å². The third-order valence-corrected chi connectivity index (χ3v) is 6.92. The van der Waals surface area contributed by atoms with Crippen LogP contribution in [0, 0.1) is 0 Å². The second kappa shape index (κ2) is 13.9. The molecule has 2 heterocycles. The lowest BCUT2D eigenvalue weighted by Crippen LogP contribution is -2.52. The van der Waals surface area contributed by atoms with Crippen molar-refractivity contribution in [2.24, 2.45) is 4.99 Å². The number of nitrogens with one attached hydrogen (secondary N) is 1. The maximum atomic E-state index is 13.0. The summed E-state index contributed by atoms with van der Waals surface area (Å²) >= 11 is 0. The fraction of sp³-hybridized carbons (Fsp3) is 0.323. The molecule has 4 rings (SSSR count). The van der Waals surface area contributed by atoms with Crippen LogP contribution in [0.3, 0.4) is 0 Å². The summed E-state index contributed by atoms with van der Waals surface area (Å²) in [5, 5.41) is 24.9. The van der Waals surface area contributed by atoms with Gasteiger partial charge in [0, 0.05) is 30.7 Å². The smallest absolute Gasteiger partial charge is 0.474 e. The van der Waals surface area contributed by atoms with Crippen LogP contribution in [-0.2, 0) is 25.7 Å². The summed E-state index contributed by atoms with van der Waals surface area (Å²) in [6.07, 6.45) is 2.06. The molecule has 2 aromatic carbocycles. The Morgan fingerprint density at radius 2 is 1.75 bits per heavy atom. The molecular formula is C31H36N7O6+. The van der Waals surface area contributed by atoms with Gasteiger partial charge in [0.05, 0.1) is 6.61 Å². The van der Waals surface area contributed by atoms with Crippen LogP contribution < -0.4 is 0 Å². The monoisotopic (exact) mass is 602 g/mol. The predicted octanol–water partition coefficient (Wildman–Crippen LogP) is 5.22. The minimum Gasteiger partial charge on any atom is -0.474 e. The molecule has 0 radical (unpaired) electrons. The van der Waals surface area contributed by atoms with Gasteiger partial charge in [-0.3, -0.25) is 9.69 Å².